The monoisotopic (exact) mass is 425 g/mol. The number of hydrogen-bond acceptors (Lipinski definition) is 7. The van der Waals surface area contributed by atoms with Crippen molar-refractivity contribution in [3.05, 3.63) is 52.6 Å². The fourth-order valence-corrected chi connectivity index (χ4v) is 3.84. The topological polar surface area (TPSA) is 119 Å². The zero-order chi connectivity index (χ0) is 20.9. The molecule has 1 amide bonds. The van der Waals surface area contributed by atoms with Gasteiger partial charge in [-0.3, -0.25) is 19.2 Å². The third kappa shape index (κ3) is 5.14. The number of para-hydroxylation sites is 1. The molecule has 0 saturated heterocycles. The molecule has 2 rings (SSSR count). The lowest BCUT2D eigenvalue weighted by Crippen LogP contribution is -2.37. The first-order valence-corrected chi connectivity index (χ1v) is 11.0. The van der Waals surface area contributed by atoms with E-state index in [1.807, 2.05) is 18.4 Å². The summed E-state index contributed by atoms with van der Waals surface area (Å²) in [6.07, 6.45) is 2.76. The molecule has 0 aliphatic heterocycles. The van der Waals surface area contributed by atoms with Crippen molar-refractivity contribution >= 4 is 44.8 Å². The van der Waals surface area contributed by atoms with Gasteiger partial charge in [0.2, 0.25) is 15.9 Å². The van der Waals surface area contributed by atoms with E-state index in [9.17, 15) is 23.3 Å². The molecule has 0 radical (unpaired) electrons. The van der Waals surface area contributed by atoms with Crippen molar-refractivity contribution in [2.24, 2.45) is 0 Å². The number of nitrogens with zero attached hydrogens (tertiary/aromatic N) is 2. The summed E-state index contributed by atoms with van der Waals surface area (Å²) >= 11 is 1.43. The predicted octanol–water partition coefficient (Wildman–Crippen LogP) is 2.73. The van der Waals surface area contributed by atoms with Crippen LogP contribution in [0.2, 0.25) is 0 Å². The molecule has 0 spiro atoms. The highest BCUT2D eigenvalue weighted by Crippen LogP contribution is 2.33. The van der Waals surface area contributed by atoms with E-state index in [1.54, 1.807) is 12.1 Å². The zero-order valence-electron chi connectivity index (χ0n) is 15.4. The highest BCUT2D eigenvalue weighted by molar-refractivity contribution is 7.98. The van der Waals surface area contributed by atoms with Gasteiger partial charge < -0.3 is 10.1 Å². The van der Waals surface area contributed by atoms with Crippen molar-refractivity contribution in [2.45, 2.75) is 4.90 Å². The predicted molar refractivity (Wildman–Crippen MR) is 109 cm³/mol. The number of sulfonamides is 1. The molecule has 0 aromatic heterocycles. The van der Waals surface area contributed by atoms with Crippen molar-refractivity contribution < 1.29 is 22.9 Å². The van der Waals surface area contributed by atoms with Gasteiger partial charge in [-0.1, -0.05) is 12.1 Å². The lowest BCUT2D eigenvalue weighted by Gasteiger charge is -2.23. The van der Waals surface area contributed by atoms with Gasteiger partial charge in [-0.25, -0.2) is 8.42 Å². The van der Waals surface area contributed by atoms with Crippen LogP contribution in [0.3, 0.4) is 0 Å². The summed E-state index contributed by atoms with van der Waals surface area (Å²) in [5, 5.41) is 13.7. The summed E-state index contributed by atoms with van der Waals surface area (Å²) in [6.45, 7) is -0.570. The van der Waals surface area contributed by atoms with Gasteiger partial charge in [0.1, 0.15) is 18.0 Å². The second kappa shape index (κ2) is 8.93. The Bertz CT molecular complexity index is 994. The van der Waals surface area contributed by atoms with Gasteiger partial charge in [0, 0.05) is 17.0 Å². The number of methoxy groups -OCH3 is 1. The Balaban J connectivity index is 2.39. The quantitative estimate of drug-likeness (QED) is 0.392. The minimum atomic E-state index is -3.93. The number of carbonyl (C=O) groups excluding carboxylic acids is 1. The third-order valence-electron chi connectivity index (χ3n) is 3.71. The van der Waals surface area contributed by atoms with Crippen LogP contribution in [-0.2, 0) is 14.8 Å². The second-order valence-corrected chi connectivity index (χ2v) is 8.39. The maximum absolute atomic E-state index is 12.5. The van der Waals surface area contributed by atoms with Crippen LogP contribution in [-0.4, -0.2) is 45.4 Å². The minimum Gasteiger partial charge on any atom is -0.495 e. The number of nitro groups is 1. The number of thioether (sulfide) groups is 1. The zero-order valence-corrected chi connectivity index (χ0v) is 17.0. The molecule has 0 bridgehead atoms. The fourth-order valence-electron chi connectivity index (χ4n) is 2.44. The highest BCUT2D eigenvalue weighted by atomic mass is 32.2. The maximum Gasteiger partial charge on any atom is 0.271 e. The molecular weight excluding hydrogens is 406 g/mol. The summed E-state index contributed by atoms with van der Waals surface area (Å²) < 4.78 is 30.5. The normalized spacial score (nSPS) is 11.0. The Morgan fingerprint density at radius 2 is 1.96 bits per heavy atom. The average molecular weight is 425 g/mol. The molecule has 1 N–H and O–H groups in total. The molecule has 2 aromatic carbocycles. The first kappa shape index (κ1) is 21.5. The third-order valence-corrected chi connectivity index (χ3v) is 5.63. The number of rotatable bonds is 8. The van der Waals surface area contributed by atoms with E-state index in [1.165, 1.54) is 31.0 Å². The molecule has 9 nitrogen and oxygen atoms in total. The number of carbonyl (C=O) groups is 1. The molecule has 0 aliphatic rings. The second-order valence-electron chi connectivity index (χ2n) is 5.63. The van der Waals surface area contributed by atoms with E-state index in [-0.39, 0.29) is 17.1 Å². The Kier molecular flexibility index (Phi) is 6.86. The summed E-state index contributed by atoms with van der Waals surface area (Å²) in [4.78, 5) is 23.8. The number of benzene rings is 2. The summed E-state index contributed by atoms with van der Waals surface area (Å²) in [5.74, 6) is -0.506. The van der Waals surface area contributed by atoms with Gasteiger partial charge in [0.05, 0.1) is 24.0 Å². The first-order chi connectivity index (χ1) is 13.2. The molecular formula is C17H19N3O6S2. The molecule has 28 heavy (non-hydrogen) atoms. The number of nitrogens with one attached hydrogen (secondary N) is 1. The molecule has 11 heteroatoms. The Hall–Kier alpha value is -2.79. The van der Waals surface area contributed by atoms with Crippen LogP contribution in [0.25, 0.3) is 0 Å². The van der Waals surface area contributed by atoms with Gasteiger partial charge >= 0.3 is 0 Å². The summed E-state index contributed by atoms with van der Waals surface area (Å²) in [5.41, 5.74) is 0.129. The number of amides is 1. The Labute approximate surface area is 166 Å². The first-order valence-electron chi connectivity index (χ1n) is 7.90. The molecule has 150 valence electrons. The van der Waals surface area contributed by atoms with Crippen LogP contribution in [0.15, 0.2) is 47.4 Å². The van der Waals surface area contributed by atoms with E-state index in [0.717, 1.165) is 21.5 Å². The Morgan fingerprint density at radius 1 is 1.29 bits per heavy atom. The fraction of sp³-hybridized carbons (Fsp3) is 0.235. The van der Waals surface area contributed by atoms with E-state index in [4.69, 9.17) is 4.74 Å². The van der Waals surface area contributed by atoms with Crippen molar-refractivity contribution in [3.63, 3.8) is 0 Å². The number of nitro benzene ring substituents is 1. The highest BCUT2D eigenvalue weighted by Gasteiger charge is 2.26. The van der Waals surface area contributed by atoms with Crippen molar-refractivity contribution in [1.29, 1.82) is 0 Å². The standard InChI is InChI=1S/C17H19N3O6S2/c1-26-15-9-8-12(20(22)23)10-14(15)19(28(3,24)25)11-17(21)18-13-6-4-5-7-16(13)27-2/h4-10H,11H2,1-3H3,(H,18,21). The lowest BCUT2D eigenvalue weighted by molar-refractivity contribution is -0.384. The van der Waals surface area contributed by atoms with Crippen LogP contribution in [0, 0.1) is 10.1 Å². The smallest absolute Gasteiger partial charge is 0.271 e. The van der Waals surface area contributed by atoms with E-state index in [0.29, 0.717) is 5.69 Å². The van der Waals surface area contributed by atoms with Crippen LogP contribution in [0.1, 0.15) is 0 Å². The summed E-state index contributed by atoms with van der Waals surface area (Å²) in [7, 11) is -2.63. The van der Waals surface area contributed by atoms with Crippen molar-refractivity contribution in [1.82, 2.24) is 0 Å². The van der Waals surface area contributed by atoms with Crippen LogP contribution in [0.5, 0.6) is 5.75 Å². The van der Waals surface area contributed by atoms with Gasteiger partial charge in [0.15, 0.2) is 0 Å². The molecule has 0 heterocycles. The van der Waals surface area contributed by atoms with Crippen molar-refractivity contribution in [3.8, 4) is 5.75 Å². The lowest BCUT2D eigenvalue weighted by atomic mass is 10.2. The molecule has 0 aliphatic carbocycles. The summed E-state index contributed by atoms with van der Waals surface area (Å²) in [6, 6.07) is 10.6. The average Bonchev–Trinajstić information content (AvgIpc) is 2.65. The number of hydrogen-bond donors (Lipinski definition) is 1. The van der Waals surface area contributed by atoms with Gasteiger partial charge in [-0.2, -0.15) is 0 Å². The van der Waals surface area contributed by atoms with E-state index in [2.05, 4.69) is 5.32 Å². The Morgan fingerprint density at radius 3 is 2.54 bits per heavy atom. The van der Waals surface area contributed by atoms with Crippen molar-refractivity contribution in [2.75, 3.05) is 35.8 Å². The number of ether oxygens (including phenoxy) is 1. The number of anilines is 2. The number of non-ortho nitro benzene ring substituents is 1. The molecule has 0 atom stereocenters. The SMILES string of the molecule is COc1ccc([N+](=O)[O-])cc1N(CC(=O)Nc1ccccc1SC)S(C)(=O)=O. The van der Waals surface area contributed by atoms with Gasteiger partial charge in [-0.05, 0) is 24.5 Å². The van der Waals surface area contributed by atoms with E-state index >= 15 is 0 Å². The molecule has 0 unspecified atom stereocenters. The van der Waals surface area contributed by atoms with Crippen LogP contribution in [0.4, 0.5) is 17.1 Å². The molecule has 2 aromatic rings. The van der Waals surface area contributed by atoms with Crippen LogP contribution >= 0.6 is 11.8 Å². The largest absolute Gasteiger partial charge is 0.495 e. The minimum absolute atomic E-state index is 0.0903. The molecule has 0 saturated carbocycles. The molecule has 0 fully saturated rings. The van der Waals surface area contributed by atoms with Gasteiger partial charge in [0.25, 0.3) is 5.69 Å². The van der Waals surface area contributed by atoms with E-state index < -0.39 is 27.4 Å². The van der Waals surface area contributed by atoms with Crippen LogP contribution < -0.4 is 14.4 Å². The van der Waals surface area contributed by atoms with Gasteiger partial charge in [-0.15, -0.1) is 11.8 Å². The maximum atomic E-state index is 12.5.